The van der Waals surface area contributed by atoms with Crippen molar-refractivity contribution in [3.63, 3.8) is 0 Å². The van der Waals surface area contributed by atoms with E-state index >= 15 is 0 Å². The van der Waals surface area contributed by atoms with E-state index in [-0.39, 0.29) is 24.0 Å². The lowest BCUT2D eigenvalue weighted by Crippen LogP contribution is -2.60. The van der Waals surface area contributed by atoms with Gasteiger partial charge in [-0.2, -0.15) is 0 Å². The SMILES string of the molecule is CCCC(=O)ON1CC(N)NCC1Cc1ccc(F)cc1. The van der Waals surface area contributed by atoms with Crippen molar-refractivity contribution in [1.82, 2.24) is 10.4 Å². The molecule has 6 heteroatoms. The van der Waals surface area contributed by atoms with Crippen LogP contribution in [0.1, 0.15) is 25.3 Å². The normalized spacial score (nSPS) is 23.0. The van der Waals surface area contributed by atoms with Gasteiger partial charge in [-0.1, -0.05) is 19.1 Å². The minimum absolute atomic E-state index is 0.00364. The van der Waals surface area contributed by atoms with Crippen LogP contribution in [0.15, 0.2) is 24.3 Å². The Balaban J connectivity index is 2.00. The Kier molecular flexibility index (Phi) is 5.67. The zero-order valence-corrected chi connectivity index (χ0v) is 12.2. The topological polar surface area (TPSA) is 67.6 Å². The summed E-state index contributed by atoms with van der Waals surface area (Å²) in [6, 6.07) is 6.36. The minimum atomic E-state index is -0.256. The molecule has 0 bridgehead atoms. The molecular formula is C15H22FN3O2. The summed E-state index contributed by atoms with van der Waals surface area (Å²) in [4.78, 5) is 17.1. The fourth-order valence-electron chi connectivity index (χ4n) is 2.36. The van der Waals surface area contributed by atoms with Gasteiger partial charge in [-0.05, 0) is 30.5 Å². The number of carbonyl (C=O) groups is 1. The van der Waals surface area contributed by atoms with Crippen molar-refractivity contribution in [2.24, 2.45) is 5.73 Å². The smallest absolute Gasteiger partial charge is 0.325 e. The molecule has 1 saturated heterocycles. The van der Waals surface area contributed by atoms with Gasteiger partial charge >= 0.3 is 5.97 Å². The van der Waals surface area contributed by atoms with Crippen LogP contribution in [0.25, 0.3) is 0 Å². The third kappa shape index (κ3) is 4.77. The first kappa shape index (κ1) is 15.9. The number of hydrogen-bond donors (Lipinski definition) is 2. The molecule has 2 unspecified atom stereocenters. The molecule has 0 spiro atoms. The van der Waals surface area contributed by atoms with Crippen LogP contribution in [0.3, 0.4) is 0 Å². The number of piperazine rings is 1. The van der Waals surface area contributed by atoms with Gasteiger partial charge < -0.3 is 10.6 Å². The maximum atomic E-state index is 12.9. The van der Waals surface area contributed by atoms with E-state index < -0.39 is 0 Å². The van der Waals surface area contributed by atoms with E-state index in [0.29, 0.717) is 25.9 Å². The first-order chi connectivity index (χ1) is 10.1. The van der Waals surface area contributed by atoms with Crippen LogP contribution in [-0.2, 0) is 16.1 Å². The van der Waals surface area contributed by atoms with Crippen molar-refractivity contribution in [3.8, 4) is 0 Å². The number of hydrogen-bond acceptors (Lipinski definition) is 5. The van der Waals surface area contributed by atoms with Gasteiger partial charge in [0.1, 0.15) is 5.82 Å². The maximum Gasteiger partial charge on any atom is 0.325 e. The predicted octanol–water partition coefficient (Wildman–Crippen LogP) is 1.19. The van der Waals surface area contributed by atoms with E-state index in [2.05, 4.69) is 5.32 Å². The molecule has 5 nitrogen and oxygen atoms in total. The monoisotopic (exact) mass is 295 g/mol. The highest BCUT2D eigenvalue weighted by Gasteiger charge is 2.29. The Hall–Kier alpha value is -1.50. The number of benzene rings is 1. The van der Waals surface area contributed by atoms with Crippen molar-refractivity contribution in [3.05, 3.63) is 35.6 Å². The molecule has 2 atom stereocenters. The molecule has 1 aromatic rings. The van der Waals surface area contributed by atoms with Crippen LogP contribution in [0.4, 0.5) is 4.39 Å². The van der Waals surface area contributed by atoms with E-state index in [4.69, 9.17) is 10.6 Å². The Labute approximate surface area is 124 Å². The lowest BCUT2D eigenvalue weighted by molar-refractivity contribution is -0.209. The average molecular weight is 295 g/mol. The van der Waals surface area contributed by atoms with Crippen LogP contribution in [0.2, 0.25) is 0 Å². The number of hydroxylamine groups is 2. The zero-order chi connectivity index (χ0) is 15.2. The summed E-state index contributed by atoms with van der Waals surface area (Å²) in [6.07, 6.45) is 1.59. The van der Waals surface area contributed by atoms with Crippen molar-refractivity contribution >= 4 is 5.97 Å². The summed E-state index contributed by atoms with van der Waals surface area (Å²) in [5.74, 6) is -0.496. The van der Waals surface area contributed by atoms with Gasteiger partial charge in [-0.25, -0.2) is 4.39 Å². The van der Waals surface area contributed by atoms with E-state index in [1.54, 1.807) is 17.2 Å². The second kappa shape index (κ2) is 7.49. The van der Waals surface area contributed by atoms with Crippen LogP contribution in [0, 0.1) is 5.82 Å². The third-order valence-corrected chi connectivity index (χ3v) is 3.46. The minimum Gasteiger partial charge on any atom is -0.368 e. The third-order valence-electron chi connectivity index (χ3n) is 3.46. The van der Waals surface area contributed by atoms with E-state index in [1.807, 2.05) is 6.92 Å². The lowest BCUT2D eigenvalue weighted by Gasteiger charge is -2.37. The number of nitrogens with zero attached hydrogens (tertiary/aromatic N) is 1. The van der Waals surface area contributed by atoms with E-state index in [1.165, 1.54) is 12.1 Å². The number of nitrogens with one attached hydrogen (secondary N) is 1. The highest BCUT2D eigenvalue weighted by atomic mass is 19.1. The number of nitrogens with two attached hydrogens (primary N) is 1. The fraction of sp³-hybridized carbons (Fsp3) is 0.533. The van der Waals surface area contributed by atoms with Gasteiger partial charge in [0.05, 0.1) is 18.8 Å². The Morgan fingerprint density at radius 2 is 2.19 bits per heavy atom. The molecule has 21 heavy (non-hydrogen) atoms. The maximum absolute atomic E-state index is 12.9. The highest BCUT2D eigenvalue weighted by molar-refractivity contribution is 5.68. The first-order valence-electron chi connectivity index (χ1n) is 7.29. The molecule has 0 amide bonds. The molecule has 1 aliphatic heterocycles. The Morgan fingerprint density at radius 3 is 2.86 bits per heavy atom. The summed E-state index contributed by atoms with van der Waals surface area (Å²) in [5.41, 5.74) is 6.85. The molecule has 0 aromatic heterocycles. The van der Waals surface area contributed by atoms with Crippen LogP contribution < -0.4 is 11.1 Å². The molecule has 1 heterocycles. The quantitative estimate of drug-likeness (QED) is 0.854. The molecule has 116 valence electrons. The van der Waals surface area contributed by atoms with Gasteiger partial charge in [0, 0.05) is 13.0 Å². The van der Waals surface area contributed by atoms with Crippen molar-refractivity contribution in [2.75, 3.05) is 13.1 Å². The molecule has 0 radical (unpaired) electrons. The fourth-order valence-corrected chi connectivity index (χ4v) is 2.36. The number of halogens is 1. The van der Waals surface area contributed by atoms with E-state index in [0.717, 1.165) is 12.0 Å². The molecule has 1 aliphatic rings. The van der Waals surface area contributed by atoms with Crippen LogP contribution in [-0.4, -0.2) is 36.3 Å². The molecule has 0 aliphatic carbocycles. The Bertz CT molecular complexity index is 466. The summed E-state index contributed by atoms with van der Waals surface area (Å²) < 4.78 is 12.9. The molecular weight excluding hydrogens is 273 g/mol. The number of rotatable bonds is 5. The second-order valence-electron chi connectivity index (χ2n) is 5.31. The van der Waals surface area contributed by atoms with Crippen molar-refractivity contribution in [1.29, 1.82) is 0 Å². The van der Waals surface area contributed by atoms with Crippen LogP contribution in [0.5, 0.6) is 0 Å². The zero-order valence-electron chi connectivity index (χ0n) is 12.2. The summed E-state index contributed by atoms with van der Waals surface area (Å²) in [6.45, 7) is 3.00. The summed E-state index contributed by atoms with van der Waals surface area (Å²) in [5, 5.41) is 4.82. The van der Waals surface area contributed by atoms with Gasteiger partial charge in [-0.3, -0.25) is 10.1 Å². The van der Waals surface area contributed by atoms with Gasteiger partial charge in [0.2, 0.25) is 0 Å². The van der Waals surface area contributed by atoms with Crippen molar-refractivity contribution < 1.29 is 14.0 Å². The van der Waals surface area contributed by atoms with Crippen LogP contribution >= 0.6 is 0 Å². The molecule has 1 fully saturated rings. The second-order valence-corrected chi connectivity index (χ2v) is 5.31. The van der Waals surface area contributed by atoms with Gasteiger partial charge in [-0.15, -0.1) is 5.06 Å². The molecule has 3 N–H and O–H groups in total. The van der Waals surface area contributed by atoms with E-state index in [9.17, 15) is 9.18 Å². The first-order valence-corrected chi connectivity index (χ1v) is 7.29. The standard InChI is InChI=1S/C15H22FN3O2/c1-2-3-15(20)21-19-10-14(17)18-9-13(19)8-11-4-6-12(16)7-5-11/h4-7,13-14,18H,2-3,8-10,17H2,1H3. The highest BCUT2D eigenvalue weighted by Crippen LogP contribution is 2.14. The van der Waals surface area contributed by atoms with Gasteiger partial charge in [0.15, 0.2) is 0 Å². The number of carbonyl (C=O) groups excluding carboxylic acids is 1. The molecule has 0 saturated carbocycles. The Morgan fingerprint density at radius 1 is 1.48 bits per heavy atom. The molecule has 1 aromatic carbocycles. The summed E-state index contributed by atoms with van der Waals surface area (Å²) in [7, 11) is 0. The summed E-state index contributed by atoms with van der Waals surface area (Å²) >= 11 is 0. The van der Waals surface area contributed by atoms with Gasteiger partial charge in [0.25, 0.3) is 0 Å². The lowest BCUT2D eigenvalue weighted by atomic mass is 10.0. The van der Waals surface area contributed by atoms with Crippen molar-refractivity contribution in [2.45, 2.75) is 38.4 Å². The predicted molar refractivity (Wildman–Crippen MR) is 77.6 cm³/mol. The largest absolute Gasteiger partial charge is 0.368 e. The average Bonchev–Trinajstić information content (AvgIpc) is 2.44. The molecule has 2 rings (SSSR count).